The maximum Gasteiger partial charge on any atom is 0.254 e. The quantitative estimate of drug-likeness (QED) is 0.388. The highest BCUT2D eigenvalue weighted by Crippen LogP contribution is 2.29. The number of rotatable bonds is 6. The Hall–Kier alpha value is -4.13. The first kappa shape index (κ1) is 22.7. The van der Waals surface area contributed by atoms with E-state index in [-0.39, 0.29) is 11.7 Å². The van der Waals surface area contributed by atoms with Crippen molar-refractivity contribution in [3.63, 3.8) is 0 Å². The Balaban J connectivity index is 1.56. The summed E-state index contributed by atoms with van der Waals surface area (Å²) in [7, 11) is 0. The molecule has 0 unspecified atom stereocenters. The number of aromatic amines is 1. The van der Waals surface area contributed by atoms with E-state index < -0.39 is 0 Å². The molecule has 0 atom stereocenters. The van der Waals surface area contributed by atoms with Gasteiger partial charge in [-0.2, -0.15) is 5.10 Å². The van der Waals surface area contributed by atoms with Gasteiger partial charge in [0.2, 0.25) is 0 Å². The van der Waals surface area contributed by atoms with Gasteiger partial charge in [-0.3, -0.25) is 9.89 Å². The lowest BCUT2D eigenvalue weighted by Crippen LogP contribution is -2.35. The molecule has 178 valence electrons. The molecule has 2 aromatic carbocycles. The molecular weight excluding hydrogens is 440 g/mol. The van der Waals surface area contributed by atoms with Crippen LogP contribution >= 0.6 is 0 Å². The van der Waals surface area contributed by atoms with Crippen molar-refractivity contribution >= 4 is 29.1 Å². The zero-order valence-corrected chi connectivity index (χ0v) is 19.7. The molecule has 5 rings (SSSR count). The van der Waals surface area contributed by atoms with E-state index in [1.165, 1.54) is 0 Å². The number of amides is 1. The second-order valence-electron chi connectivity index (χ2n) is 8.63. The summed E-state index contributed by atoms with van der Waals surface area (Å²) in [6.45, 7) is 4.10. The second kappa shape index (κ2) is 10.0. The van der Waals surface area contributed by atoms with E-state index in [0.717, 1.165) is 54.9 Å². The van der Waals surface area contributed by atoms with Gasteiger partial charge in [-0.25, -0.2) is 4.98 Å². The number of nitrogens with one attached hydrogen (secondary N) is 1. The van der Waals surface area contributed by atoms with Crippen LogP contribution in [-0.2, 0) is 0 Å². The van der Waals surface area contributed by atoms with Gasteiger partial charge in [-0.15, -0.1) is 0 Å². The molecule has 0 aliphatic carbocycles. The molecular formula is C28H28N4O3. The largest absolute Gasteiger partial charge is 0.508 e. The van der Waals surface area contributed by atoms with Crippen LogP contribution in [0.3, 0.4) is 0 Å². The van der Waals surface area contributed by atoms with E-state index in [1.54, 1.807) is 24.3 Å². The minimum absolute atomic E-state index is 0.00533. The first-order chi connectivity index (χ1) is 17.1. The molecule has 7 nitrogen and oxygen atoms in total. The number of aromatic nitrogens is 3. The van der Waals surface area contributed by atoms with Crippen LogP contribution in [0.25, 0.3) is 34.4 Å². The minimum Gasteiger partial charge on any atom is -0.508 e. The van der Waals surface area contributed by atoms with Crippen LogP contribution < -0.4 is 4.74 Å². The Morgan fingerprint density at radius 2 is 1.80 bits per heavy atom. The Labute approximate surface area is 204 Å². The van der Waals surface area contributed by atoms with Crippen molar-refractivity contribution in [1.82, 2.24) is 20.1 Å². The Bertz CT molecular complexity index is 1350. The predicted molar refractivity (Wildman–Crippen MR) is 137 cm³/mol. The van der Waals surface area contributed by atoms with Crippen LogP contribution in [0.4, 0.5) is 0 Å². The maximum absolute atomic E-state index is 13.7. The molecule has 0 radical (unpaired) electrons. The zero-order chi connectivity index (χ0) is 24.2. The summed E-state index contributed by atoms with van der Waals surface area (Å²) in [5.74, 6) is 1.01. The highest BCUT2D eigenvalue weighted by atomic mass is 16.5. The number of phenolic OH excluding ortho intramolecular Hbond substituents is 1. The van der Waals surface area contributed by atoms with E-state index >= 15 is 0 Å². The van der Waals surface area contributed by atoms with Gasteiger partial charge in [-0.05, 0) is 80.3 Å². The summed E-state index contributed by atoms with van der Waals surface area (Å²) in [6.07, 6.45) is 7.09. The van der Waals surface area contributed by atoms with Gasteiger partial charge in [0, 0.05) is 18.7 Å². The van der Waals surface area contributed by atoms with E-state index in [1.807, 2.05) is 54.3 Å². The molecule has 2 aromatic heterocycles. The molecule has 1 saturated heterocycles. The number of H-pyrrole nitrogens is 1. The van der Waals surface area contributed by atoms with Crippen LogP contribution in [0.2, 0.25) is 0 Å². The van der Waals surface area contributed by atoms with Crippen LogP contribution in [0.15, 0.2) is 54.6 Å². The van der Waals surface area contributed by atoms with Gasteiger partial charge >= 0.3 is 0 Å². The van der Waals surface area contributed by atoms with Gasteiger partial charge in [0.15, 0.2) is 5.65 Å². The number of fused-ring (bicyclic) bond motifs is 1. The topological polar surface area (TPSA) is 91.3 Å². The third-order valence-corrected chi connectivity index (χ3v) is 6.22. The van der Waals surface area contributed by atoms with Gasteiger partial charge in [0.25, 0.3) is 5.91 Å². The number of hydrogen-bond donors (Lipinski definition) is 2. The number of pyridine rings is 1. The molecule has 35 heavy (non-hydrogen) atoms. The first-order valence-electron chi connectivity index (χ1n) is 12.0. The highest BCUT2D eigenvalue weighted by molar-refractivity contribution is 6.09. The van der Waals surface area contributed by atoms with Gasteiger partial charge < -0.3 is 14.7 Å². The summed E-state index contributed by atoms with van der Waals surface area (Å²) in [5.41, 5.74) is 4.27. The lowest BCUT2D eigenvalue weighted by atomic mass is 10.0. The maximum atomic E-state index is 13.7. The first-order valence-corrected chi connectivity index (χ1v) is 12.0. The number of piperidine rings is 1. The van der Waals surface area contributed by atoms with Crippen molar-refractivity contribution in [3.8, 4) is 22.8 Å². The lowest BCUT2D eigenvalue weighted by Gasteiger charge is -2.27. The van der Waals surface area contributed by atoms with Gasteiger partial charge in [0.05, 0.1) is 28.9 Å². The molecule has 7 heteroatoms. The van der Waals surface area contributed by atoms with Crippen molar-refractivity contribution in [2.24, 2.45) is 0 Å². The summed E-state index contributed by atoms with van der Waals surface area (Å²) >= 11 is 0. The molecule has 0 bridgehead atoms. The van der Waals surface area contributed by atoms with Crippen molar-refractivity contribution in [2.45, 2.75) is 26.2 Å². The minimum atomic E-state index is -0.00533. The molecule has 2 N–H and O–H groups in total. The van der Waals surface area contributed by atoms with Crippen molar-refractivity contribution in [3.05, 3.63) is 71.4 Å². The fourth-order valence-electron chi connectivity index (χ4n) is 4.41. The van der Waals surface area contributed by atoms with Crippen molar-refractivity contribution < 1.29 is 14.6 Å². The summed E-state index contributed by atoms with van der Waals surface area (Å²) in [6, 6.07) is 16.5. The number of ether oxygens (including phenoxy) is 1. The molecule has 4 aromatic rings. The number of benzene rings is 2. The highest BCUT2D eigenvalue weighted by Gasteiger charge is 2.24. The third-order valence-electron chi connectivity index (χ3n) is 6.22. The Kier molecular flexibility index (Phi) is 6.48. The average Bonchev–Trinajstić information content (AvgIpc) is 3.31. The van der Waals surface area contributed by atoms with Gasteiger partial charge in [-0.1, -0.05) is 18.2 Å². The third kappa shape index (κ3) is 4.89. The summed E-state index contributed by atoms with van der Waals surface area (Å²) in [5, 5.41) is 17.9. The predicted octanol–water partition coefficient (Wildman–Crippen LogP) is 5.53. The standard InChI is InChI=1S/C28H28N4O3/c1-2-35-22-13-6-19(7-14-22)8-15-24-26-23(28(34)32-16-4-3-5-17-32)18-25(29-27(26)31-30-24)20-9-11-21(33)12-10-20/h6-15,18,33H,2-5,16-17H2,1H3,(H,29,30,31)/b15-8+. The van der Waals surface area contributed by atoms with Crippen LogP contribution in [-0.4, -0.2) is 50.8 Å². The molecule has 1 fully saturated rings. The molecule has 1 amide bonds. The molecule has 1 aliphatic heterocycles. The molecule has 1 aliphatic rings. The fourth-order valence-corrected chi connectivity index (χ4v) is 4.41. The number of phenols is 1. The van der Waals surface area contributed by atoms with Gasteiger partial charge in [0.1, 0.15) is 11.5 Å². The number of carbonyl (C=O) groups is 1. The number of nitrogens with zero attached hydrogens (tertiary/aromatic N) is 3. The molecule has 0 saturated carbocycles. The number of hydrogen-bond acceptors (Lipinski definition) is 5. The van der Waals surface area contributed by atoms with Crippen LogP contribution in [0.1, 0.15) is 47.8 Å². The second-order valence-corrected chi connectivity index (χ2v) is 8.63. The van der Waals surface area contributed by atoms with Crippen LogP contribution in [0.5, 0.6) is 11.5 Å². The molecule has 0 spiro atoms. The fraction of sp³-hybridized carbons (Fsp3) is 0.250. The monoisotopic (exact) mass is 468 g/mol. The van der Waals surface area contributed by atoms with E-state index in [4.69, 9.17) is 9.72 Å². The zero-order valence-electron chi connectivity index (χ0n) is 19.7. The van der Waals surface area contributed by atoms with Crippen molar-refractivity contribution in [2.75, 3.05) is 19.7 Å². The SMILES string of the molecule is CCOc1ccc(/C=C/c2[nH]nc3nc(-c4ccc(O)cc4)cc(C(=O)N4CCCCC4)c23)cc1. The normalized spacial score (nSPS) is 14.0. The lowest BCUT2D eigenvalue weighted by molar-refractivity contribution is 0.0726. The average molecular weight is 469 g/mol. The Morgan fingerprint density at radius 3 is 2.51 bits per heavy atom. The van der Waals surface area contributed by atoms with Crippen molar-refractivity contribution in [1.29, 1.82) is 0 Å². The smallest absolute Gasteiger partial charge is 0.254 e. The van der Waals surface area contributed by atoms with E-state index in [0.29, 0.717) is 28.9 Å². The van der Waals surface area contributed by atoms with Crippen LogP contribution in [0, 0.1) is 0 Å². The molecule has 3 heterocycles. The Morgan fingerprint density at radius 1 is 1.06 bits per heavy atom. The number of carbonyl (C=O) groups excluding carboxylic acids is 1. The summed E-state index contributed by atoms with van der Waals surface area (Å²) < 4.78 is 5.52. The number of aromatic hydroxyl groups is 1. The van der Waals surface area contributed by atoms with E-state index in [9.17, 15) is 9.90 Å². The number of likely N-dealkylation sites (tertiary alicyclic amines) is 1. The van der Waals surface area contributed by atoms with E-state index in [2.05, 4.69) is 10.2 Å². The summed E-state index contributed by atoms with van der Waals surface area (Å²) in [4.78, 5) is 20.3.